The topological polar surface area (TPSA) is 25.2 Å². The first-order chi connectivity index (χ1) is 6.41. The molecule has 1 aliphatic carbocycles. The van der Waals surface area contributed by atoms with Crippen LogP contribution in [0.4, 0.5) is 0 Å². The summed E-state index contributed by atoms with van der Waals surface area (Å²) in [7, 11) is 0. The molecule has 1 aromatic heterocycles. The Kier molecular flexibility index (Phi) is 1.53. The second-order valence-corrected chi connectivity index (χ2v) is 4.40. The molecule has 1 saturated heterocycles. The summed E-state index contributed by atoms with van der Waals surface area (Å²) in [5.74, 6) is 1.13. The smallest absolute Gasteiger partial charge is 0.121 e. The van der Waals surface area contributed by atoms with Crippen molar-refractivity contribution >= 4 is 0 Å². The third-order valence-electron chi connectivity index (χ3n) is 3.70. The van der Waals surface area contributed by atoms with E-state index in [1.54, 1.807) is 6.26 Å². The van der Waals surface area contributed by atoms with Crippen LogP contribution in [0.5, 0.6) is 0 Å². The summed E-state index contributed by atoms with van der Waals surface area (Å²) in [5, 5.41) is 3.49. The molecule has 70 valence electrons. The molecule has 1 aliphatic heterocycles. The molecule has 1 aromatic rings. The zero-order chi connectivity index (χ0) is 8.73. The summed E-state index contributed by atoms with van der Waals surface area (Å²) < 4.78 is 5.46. The van der Waals surface area contributed by atoms with Gasteiger partial charge in [0.25, 0.3) is 0 Å². The Hall–Kier alpha value is -0.760. The van der Waals surface area contributed by atoms with Crippen molar-refractivity contribution in [2.24, 2.45) is 5.41 Å². The van der Waals surface area contributed by atoms with Gasteiger partial charge < -0.3 is 9.73 Å². The van der Waals surface area contributed by atoms with Crippen molar-refractivity contribution < 1.29 is 4.42 Å². The van der Waals surface area contributed by atoms with Crippen molar-refractivity contribution in [1.29, 1.82) is 0 Å². The monoisotopic (exact) mass is 177 g/mol. The van der Waals surface area contributed by atoms with Crippen LogP contribution >= 0.6 is 0 Å². The van der Waals surface area contributed by atoms with E-state index in [9.17, 15) is 0 Å². The summed E-state index contributed by atoms with van der Waals surface area (Å²) in [6.45, 7) is 1.19. The first-order valence-corrected chi connectivity index (χ1v) is 5.18. The molecule has 0 unspecified atom stereocenters. The van der Waals surface area contributed by atoms with Crippen LogP contribution in [0.2, 0.25) is 0 Å². The van der Waals surface area contributed by atoms with Crippen LogP contribution in [0, 0.1) is 5.41 Å². The maximum atomic E-state index is 5.46. The Morgan fingerprint density at radius 1 is 1.38 bits per heavy atom. The average Bonchev–Trinajstić information content (AvgIpc) is 2.72. The van der Waals surface area contributed by atoms with Crippen molar-refractivity contribution in [3.8, 4) is 0 Å². The highest BCUT2D eigenvalue weighted by atomic mass is 16.3. The van der Waals surface area contributed by atoms with Gasteiger partial charge in [0.1, 0.15) is 5.76 Å². The summed E-state index contributed by atoms with van der Waals surface area (Å²) in [5.41, 5.74) is 0.553. The van der Waals surface area contributed by atoms with Crippen LogP contribution < -0.4 is 5.32 Å². The van der Waals surface area contributed by atoms with E-state index in [4.69, 9.17) is 4.42 Å². The first-order valence-electron chi connectivity index (χ1n) is 5.18. The largest absolute Gasteiger partial charge is 0.468 e. The molecule has 3 rings (SSSR count). The fourth-order valence-electron chi connectivity index (χ4n) is 2.90. The molecule has 0 aromatic carbocycles. The van der Waals surface area contributed by atoms with E-state index in [-0.39, 0.29) is 0 Å². The lowest BCUT2D eigenvalue weighted by molar-refractivity contribution is 0.0726. The van der Waals surface area contributed by atoms with Crippen LogP contribution in [-0.4, -0.2) is 6.54 Å². The van der Waals surface area contributed by atoms with Crippen LogP contribution in [0.3, 0.4) is 0 Å². The molecule has 0 radical (unpaired) electrons. The Bertz CT molecular complexity index is 285. The van der Waals surface area contributed by atoms with Gasteiger partial charge in [-0.25, -0.2) is 0 Å². The molecule has 2 aliphatic rings. The molecule has 1 saturated carbocycles. The number of furan rings is 1. The molecule has 1 atom stereocenters. The molecule has 2 heteroatoms. The minimum atomic E-state index is 0.505. The van der Waals surface area contributed by atoms with Crippen LogP contribution in [0.1, 0.15) is 37.5 Å². The minimum Gasteiger partial charge on any atom is -0.468 e. The first kappa shape index (κ1) is 7.63. The maximum Gasteiger partial charge on any atom is 0.121 e. The molecule has 1 N–H and O–H groups in total. The fraction of sp³-hybridized carbons (Fsp3) is 0.636. The van der Waals surface area contributed by atoms with Crippen molar-refractivity contribution in [3.63, 3.8) is 0 Å². The van der Waals surface area contributed by atoms with E-state index >= 15 is 0 Å². The van der Waals surface area contributed by atoms with E-state index < -0.39 is 0 Å². The standard InChI is InChI=1S/C11H15NO/c1-2-6-11(5-1)8-12-10(11)9-4-3-7-13-9/h3-4,7,10,12H,1-2,5-6,8H2/t10-/m0/s1. The van der Waals surface area contributed by atoms with Gasteiger partial charge >= 0.3 is 0 Å². The predicted molar refractivity (Wildman–Crippen MR) is 50.4 cm³/mol. The lowest BCUT2D eigenvalue weighted by atomic mass is 9.71. The fourth-order valence-corrected chi connectivity index (χ4v) is 2.90. The van der Waals surface area contributed by atoms with Gasteiger partial charge in [-0.05, 0) is 25.0 Å². The van der Waals surface area contributed by atoms with Gasteiger partial charge in [0, 0.05) is 12.0 Å². The summed E-state index contributed by atoms with van der Waals surface area (Å²) in [6.07, 6.45) is 7.34. The minimum absolute atomic E-state index is 0.505. The third-order valence-corrected chi connectivity index (χ3v) is 3.70. The predicted octanol–water partition coefficient (Wildman–Crippen LogP) is 2.48. The van der Waals surface area contributed by atoms with Gasteiger partial charge in [0.05, 0.1) is 12.3 Å². The van der Waals surface area contributed by atoms with E-state index in [2.05, 4.69) is 11.4 Å². The normalized spacial score (nSPS) is 30.6. The maximum absolute atomic E-state index is 5.46. The van der Waals surface area contributed by atoms with Crippen LogP contribution in [0.25, 0.3) is 0 Å². The van der Waals surface area contributed by atoms with Crippen molar-refractivity contribution in [1.82, 2.24) is 5.32 Å². The highest BCUT2D eigenvalue weighted by Gasteiger charge is 2.49. The Labute approximate surface area is 78.3 Å². The summed E-state index contributed by atoms with van der Waals surface area (Å²) in [4.78, 5) is 0. The van der Waals surface area contributed by atoms with Crippen molar-refractivity contribution in [2.45, 2.75) is 31.7 Å². The Morgan fingerprint density at radius 3 is 2.77 bits per heavy atom. The lowest BCUT2D eigenvalue weighted by Gasteiger charge is -2.47. The molecule has 1 spiro atoms. The SMILES string of the molecule is c1coc([C@@H]2NCC23CCCC3)c1. The Balaban J connectivity index is 1.86. The van der Waals surface area contributed by atoms with Crippen LogP contribution in [-0.2, 0) is 0 Å². The number of hydrogen-bond donors (Lipinski definition) is 1. The molecule has 2 heterocycles. The molecule has 0 amide bonds. The summed E-state index contributed by atoms with van der Waals surface area (Å²) in [6, 6.07) is 4.58. The highest BCUT2D eigenvalue weighted by Crippen LogP contribution is 2.52. The van der Waals surface area contributed by atoms with Gasteiger partial charge in [0.2, 0.25) is 0 Å². The van der Waals surface area contributed by atoms with Gasteiger partial charge in [-0.3, -0.25) is 0 Å². The molecule has 2 fully saturated rings. The van der Waals surface area contributed by atoms with Gasteiger partial charge in [-0.1, -0.05) is 12.8 Å². The van der Waals surface area contributed by atoms with E-state index in [0.717, 1.165) is 5.76 Å². The van der Waals surface area contributed by atoms with Crippen molar-refractivity contribution in [2.75, 3.05) is 6.54 Å². The molecule has 13 heavy (non-hydrogen) atoms. The zero-order valence-corrected chi connectivity index (χ0v) is 7.75. The number of hydrogen-bond acceptors (Lipinski definition) is 2. The van der Waals surface area contributed by atoms with E-state index in [0.29, 0.717) is 11.5 Å². The van der Waals surface area contributed by atoms with Gasteiger partial charge in [-0.15, -0.1) is 0 Å². The Morgan fingerprint density at radius 2 is 2.23 bits per heavy atom. The number of nitrogens with one attached hydrogen (secondary N) is 1. The molecular weight excluding hydrogens is 162 g/mol. The molecular formula is C11H15NO. The van der Waals surface area contributed by atoms with Crippen LogP contribution in [0.15, 0.2) is 22.8 Å². The summed E-state index contributed by atoms with van der Waals surface area (Å²) >= 11 is 0. The van der Waals surface area contributed by atoms with Gasteiger partial charge in [0.15, 0.2) is 0 Å². The molecule has 0 bridgehead atoms. The third kappa shape index (κ3) is 0.983. The van der Waals surface area contributed by atoms with E-state index in [1.807, 2.05) is 6.07 Å². The quantitative estimate of drug-likeness (QED) is 0.713. The highest BCUT2D eigenvalue weighted by molar-refractivity contribution is 5.16. The lowest BCUT2D eigenvalue weighted by Crippen LogP contribution is -2.54. The molecule has 2 nitrogen and oxygen atoms in total. The van der Waals surface area contributed by atoms with Gasteiger partial charge in [-0.2, -0.15) is 0 Å². The van der Waals surface area contributed by atoms with Crippen molar-refractivity contribution in [3.05, 3.63) is 24.2 Å². The second-order valence-electron chi connectivity index (χ2n) is 4.40. The van der Waals surface area contributed by atoms with E-state index in [1.165, 1.54) is 32.2 Å². The zero-order valence-electron chi connectivity index (χ0n) is 7.75. The number of rotatable bonds is 1. The second kappa shape index (κ2) is 2.61. The average molecular weight is 177 g/mol.